The van der Waals surface area contributed by atoms with Crippen LogP contribution in [-0.4, -0.2) is 63.9 Å². The summed E-state index contributed by atoms with van der Waals surface area (Å²) in [6, 6.07) is 0. The van der Waals surface area contributed by atoms with E-state index in [1.54, 1.807) is 33.8 Å². The average molecular weight is 465 g/mol. The van der Waals surface area contributed by atoms with Crippen molar-refractivity contribution in [3.63, 3.8) is 0 Å². The van der Waals surface area contributed by atoms with Gasteiger partial charge in [0, 0.05) is 29.6 Å². The lowest BCUT2D eigenvalue weighted by Gasteiger charge is -2.41. The van der Waals surface area contributed by atoms with Crippen molar-refractivity contribution >= 4 is 17.9 Å². The summed E-state index contributed by atoms with van der Waals surface area (Å²) in [5, 5.41) is 23.0. The maximum Gasteiger partial charge on any atom is 0.334 e. The molecule has 0 saturated carbocycles. The first kappa shape index (κ1) is 25.1. The molecule has 0 aliphatic carbocycles. The van der Waals surface area contributed by atoms with Crippen molar-refractivity contribution < 1.29 is 43.5 Å². The van der Waals surface area contributed by atoms with Gasteiger partial charge in [-0.25, -0.2) is 14.4 Å². The van der Waals surface area contributed by atoms with Crippen LogP contribution >= 0.6 is 0 Å². The van der Waals surface area contributed by atoms with Crippen LogP contribution in [0, 0.1) is 11.8 Å². The van der Waals surface area contributed by atoms with Gasteiger partial charge in [-0.15, -0.1) is 0 Å². The highest BCUT2D eigenvalue weighted by Crippen LogP contribution is 2.50. The minimum atomic E-state index is -1.98. The van der Waals surface area contributed by atoms with Crippen molar-refractivity contribution in [1.29, 1.82) is 0 Å². The molecule has 3 aliphatic heterocycles. The van der Waals surface area contributed by atoms with E-state index in [4.69, 9.17) is 18.9 Å². The maximum absolute atomic E-state index is 12.7. The molecule has 0 radical (unpaired) electrons. The van der Waals surface area contributed by atoms with E-state index in [2.05, 4.69) is 6.58 Å². The number of carbonyl (C=O) groups is 3. The number of ether oxygens (including phenoxy) is 4. The molecule has 2 N–H and O–H groups in total. The Morgan fingerprint density at radius 1 is 1.21 bits per heavy atom. The van der Waals surface area contributed by atoms with Crippen LogP contribution in [0.4, 0.5) is 0 Å². The Kier molecular flexibility index (Phi) is 6.89. The molecule has 182 valence electrons. The van der Waals surface area contributed by atoms with Crippen molar-refractivity contribution in [3.05, 3.63) is 36.0 Å². The van der Waals surface area contributed by atoms with Crippen LogP contribution in [0.25, 0.3) is 0 Å². The molecule has 3 heterocycles. The normalized spacial score (nSPS) is 41.1. The zero-order valence-electron chi connectivity index (χ0n) is 19.6. The molecule has 3 fully saturated rings. The third-order valence-electron chi connectivity index (χ3n) is 6.76. The van der Waals surface area contributed by atoms with E-state index in [9.17, 15) is 24.6 Å². The van der Waals surface area contributed by atoms with E-state index >= 15 is 0 Å². The van der Waals surface area contributed by atoms with Gasteiger partial charge in [-0.05, 0) is 34.1 Å². The SMILES string of the molecule is C=C1C(=O)O[C@@H]2[C@@H]1[C@H](OC(=O)/C(C)=C\C)[C@@]1(O)O[C@H](C[C@@H]1C)C[C@@](C)(O)[C@H]2OC(=O)/C=C\C. The van der Waals surface area contributed by atoms with Crippen LogP contribution in [0.1, 0.15) is 47.5 Å². The Hall–Kier alpha value is -2.49. The number of carbonyl (C=O) groups excluding carboxylic acids is 3. The topological polar surface area (TPSA) is 129 Å². The highest BCUT2D eigenvalue weighted by molar-refractivity contribution is 5.92. The molecular formula is C24H32O9. The Labute approximate surface area is 193 Å². The second-order valence-electron chi connectivity index (χ2n) is 9.27. The number of esters is 3. The lowest BCUT2D eigenvalue weighted by molar-refractivity contribution is -0.277. The molecular weight excluding hydrogens is 432 g/mol. The number of rotatable bonds is 4. The molecule has 3 rings (SSSR count). The summed E-state index contributed by atoms with van der Waals surface area (Å²) >= 11 is 0. The van der Waals surface area contributed by atoms with Crippen molar-refractivity contribution in [3.8, 4) is 0 Å². The third kappa shape index (κ3) is 4.49. The molecule has 0 aromatic rings. The largest absolute Gasteiger partial charge is 0.454 e. The number of allylic oxidation sites excluding steroid dienone is 2. The van der Waals surface area contributed by atoms with Gasteiger partial charge in [0.15, 0.2) is 18.3 Å². The van der Waals surface area contributed by atoms with Crippen LogP contribution < -0.4 is 0 Å². The van der Waals surface area contributed by atoms with Crippen LogP contribution in [0.2, 0.25) is 0 Å². The number of aliphatic hydroxyl groups is 2. The van der Waals surface area contributed by atoms with E-state index in [1.165, 1.54) is 19.1 Å². The van der Waals surface area contributed by atoms with Gasteiger partial charge in [-0.1, -0.05) is 25.7 Å². The lowest BCUT2D eigenvalue weighted by atomic mass is 9.75. The molecule has 8 atom stereocenters. The third-order valence-corrected chi connectivity index (χ3v) is 6.76. The van der Waals surface area contributed by atoms with E-state index < -0.39 is 65.5 Å². The van der Waals surface area contributed by atoms with E-state index in [-0.39, 0.29) is 17.6 Å². The number of hydrogen-bond donors (Lipinski definition) is 2. The quantitative estimate of drug-likeness (QED) is 0.363. The first-order valence-corrected chi connectivity index (χ1v) is 11.0. The smallest absolute Gasteiger partial charge is 0.334 e. The van der Waals surface area contributed by atoms with Crippen LogP contribution in [0.3, 0.4) is 0 Å². The molecule has 9 nitrogen and oxygen atoms in total. The van der Waals surface area contributed by atoms with Gasteiger partial charge in [0.2, 0.25) is 5.79 Å². The average Bonchev–Trinajstić information content (AvgIpc) is 3.18. The monoisotopic (exact) mass is 464 g/mol. The highest BCUT2D eigenvalue weighted by atomic mass is 16.7. The molecule has 3 saturated heterocycles. The maximum atomic E-state index is 12.7. The van der Waals surface area contributed by atoms with Gasteiger partial charge in [-0.3, -0.25) is 0 Å². The predicted molar refractivity (Wildman–Crippen MR) is 115 cm³/mol. The fraction of sp³-hybridized carbons (Fsp3) is 0.625. The van der Waals surface area contributed by atoms with Gasteiger partial charge in [-0.2, -0.15) is 0 Å². The van der Waals surface area contributed by atoms with E-state index in [1.807, 2.05) is 0 Å². The second kappa shape index (κ2) is 9.04. The lowest BCUT2D eigenvalue weighted by Crippen LogP contribution is -2.58. The Bertz CT molecular complexity index is 902. The van der Waals surface area contributed by atoms with Crippen molar-refractivity contribution in [1.82, 2.24) is 0 Å². The van der Waals surface area contributed by atoms with Gasteiger partial charge >= 0.3 is 17.9 Å². The minimum absolute atomic E-state index is 0.0186. The number of fused-ring (bicyclic) bond motifs is 3. The summed E-state index contributed by atoms with van der Waals surface area (Å²) in [5.74, 6) is -5.88. The summed E-state index contributed by atoms with van der Waals surface area (Å²) < 4.78 is 22.8. The summed E-state index contributed by atoms with van der Waals surface area (Å²) in [6.07, 6.45) is -0.101. The molecule has 0 unspecified atom stereocenters. The van der Waals surface area contributed by atoms with Crippen LogP contribution in [0.5, 0.6) is 0 Å². The summed E-state index contributed by atoms with van der Waals surface area (Å²) in [6.45, 7) is 11.8. The van der Waals surface area contributed by atoms with Crippen molar-refractivity contribution in [2.75, 3.05) is 0 Å². The Morgan fingerprint density at radius 3 is 2.48 bits per heavy atom. The second-order valence-corrected chi connectivity index (χ2v) is 9.27. The predicted octanol–water partition coefficient (Wildman–Crippen LogP) is 1.72. The van der Waals surface area contributed by atoms with Crippen LogP contribution in [-0.2, 0) is 33.3 Å². The molecule has 0 aromatic heterocycles. The Morgan fingerprint density at radius 2 is 1.88 bits per heavy atom. The highest BCUT2D eigenvalue weighted by Gasteiger charge is 2.65. The van der Waals surface area contributed by atoms with Gasteiger partial charge < -0.3 is 29.2 Å². The summed E-state index contributed by atoms with van der Waals surface area (Å²) in [5.41, 5.74) is -1.48. The number of hydrogen-bond acceptors (Lipinski definition) is 9. The van der Waals surface area contributed by atoms with Gasteiger partial charge in [0.05, 0.1) is 12.0 Å². The van der Waals surface area contributed by atoms with Gasteiger partial charge in [0.1, 0.15) is 5.60 Å². The van der Waals surface area contributed by atoms with E-state index in [0.717, 1.165) is 0 Å². The Balaban J connectivity index is 2.16. The van der Waals surface area contributed by atoms with Crippen LogP contribution in [0.15, 0.2) is 36.0 Å². The summed E-state index contributed by atoms with van der Waals surface area (Å²) in [4.78, 5) is 37.7. The first-order valence-electron chi connectivity index (χ1n) is 11.0. The molecule has 0 amide bonds. The first-order chi connectivity index (χ1) is 15.4. The van der Waals surface area contributed by atoms with Crippen molar-refractivity contribution in [2.45, 2.75) is 83.3 Å². The molecule has 0 aromatic carbocycles. The summed E-state index contributed by atoms with van der Waals surface area (Å²) in [7, 11) is 0. The standard InChI is InChI=1S/C24H32O9/c1-7-9-16(25)30-20-18-17(14(5)22(27)31-18)19(32-21(26)12(3)8-2)24(29)13(4)10-15(33-24)11-23(20,6)28/h7-9,13,15,17-20,28-29H,5,10-11H2,1-4,6H3/b9-7-,12-8-/t13-,15+,17+,18+,19-,20-,23+,24-/m0/s1. The molecule has 0 spiro atoms. The van der Waals surface area contributed by atoms with Gasteiger partial charge in [0.25, 0.3) is 0 Å². The molecule has 33 heavy (non-hydrogen) atoms. The molecule has 9 heteroatoms. The minimum Gasteiger partial charge on any atom is -0.454 e. The molecule has 3 aliphatic rings. The van der Waals surface area contributed by atoms with Crippen molar-refractivity contribution in [2.24, 2.45) is 11.8 Å². The van der Waals surface area contributed by atoms with E-state index in [0.29, 0.717) is 6.42 Å². The fourth-order valence-electron chi connectivity index (χ4n) is 4.85. The fourth-order valence-corrected chi connectivity index (χ4v) is 4.85. The zero-order valence-corrected chi connectivity index (χ0v) is 19.6. The molecule has 2 bridgehead atoms. The zero-order chi connectivity index (χ0) is 24.7.